The molecule has 0 saturated carbocycles. The molecule has 0 aliphatic carbocycles. The van der Waals surface area contributed by atoms with Crippen LogP contribution in [0.3, 0.4) is 0 Å². The lowest BCUT2D eigenvalue weighted by Crippen LogP contribution is -2.58. The van der Waals surface area contributed by atoms with Gasteiger partial charge in [0.15, 0.2) is 0 Å². The van der Waals surface area contributed by atoms with Crippen molar-refractivity contribution in [3.05, 3.63) is 134 Å². The number of ether oxygens (including phenoxy) is 4. The highest BCUT2D eigenvalue weighted by Crippen LogP contribution is 2.57. The largest absolute Gasteiger partial charge is 0.389 e. The number of hydrogen-bond donors (Lipinski definition) is 1. The van der Waals surface area contributed by atoms with E-state index in [1.807, 2.05) is 60.7 Å². The third kappa shape index (κ3) is 9.49. The van der Waals surface area contributed by atoms with Crippen molar-refractivity contribution in [3.8, 4) is 5.69 Å². The maximum atomic E-state index is 14.2. The van der Waals surface area contributed by atoms with Gasteiger partial charge in [-0.1, -0.05) is 83.7 Å². The molecule has 4 aromatic rings. The molecule has 0 spiro atoms. The molecule has 0 bridgehead atoms. The van der Waals surface area contributed by atoms with Crippen LogP contribution in [0, 0.1) is 6.92 Å². The van der Waals surface area contributed by atoms with E-state index >= 15 is 0 Å². The van der Waals surface area contributed by atoms with Crippen molar-refractivity contribution in [2.75, 3.05) is 72.9 Å². The van der Waals surface area contributed by atoms with Gasteiger partial charge >= 0.3 is 12.6 Å². The number of H-pyrrole nitrogens is 1. The molecule has 6 rings (SSSR count). The highest BCUT2D eigenvalue weighted by atomic mass is 35.7. The Kier molecular flexibility index (Phi) is 14.5. The fraction of sp³-hybridized carbons (Fsp3) is 0.436. The van der Waals surface area contributed by atoms with E-state index in [1.54, 1.807) is 13.1 Å². The fourth-order valence-corrected chi connectivity index (χ4v) is 8.27. The number of para-hydroxylation sites is 1. The number of hydrogen-bond acceptors (Lipinski definition) is 10. The maximum absolute atomic E-state index is 14.2. The van der Waals surface area contributed by atoms with Gasteiger partial charge in [-0.25, -0.2) is 4.79 Å². The van der Waals surface area contributed by atoms with Crippen LogP contribution >= 0.6 is 18.1 Å². The summed E-state index contributed by atoms with van der Waals surface area (Å²) in [6.07, 6.45) is 3.98. The van der Waals surface area contributed by atoms with E-state index in [4.69, 9.17) is 39.5 Å². The minimum Gasteiger partial charge on any atom is -0.379 e. The molecule has 13 nitrogen and oxygen atoms in total. The van der Waals surface area contributed by atoms with Crippen LogP contribution in [-0.2, 0) is 38.3 Å². The van der Waals surface area contributed by atoms with Gasteiger partial charge in [0.05, 0.1) is 63.4 Å². The van der Waals surface area contributed by atoms with Crippen molar-refractivity contribution in [1.29, 1.82) is 0 Å². The van der Waals surface area contributed by atoms with Crippen LogP contribution in [0.1, 0.15) is 41.5 Å². The van der Waals surface area contributed by atoms with Crippen molar-refractivity contribution < 1.29 is 32.9 Å². The molecule has 2 unspecified atom stereocenters. The summed E-state index contributed by atoms with van der Waals surface area (Å²) in [6, 6.07) is 27.2. The van der Waals surface area contributed by atoms with E-state index in [-0.39, 0.29) is 33.3 Å². The second-order valence-corrected chi connectivity index (χ2v) is 16.0. The fourth-order valence-electron chi connectivity index (χ4n) is 7.02. The van der Waals surface area contributed by atoms with Crippen molar-refractivity contribution in [2.45, 2.75) is 37.6 Å². The van der Waals surface area contributed by atoms with E-state index in [9.17, 15) is 14.2 Å². The van der Waals surface area contributed by atoms with Crippen LogP contribution in [0.4, 0.5) is 0 Å². The second kappa shape index (κ2) is 19.4. The minimum absolute atomic E-state index is 0.142. The monoisotopic (exact) mass is 782 g/mol. The van der Waals surface area contributed by atoms with E-state index < -0.39 is 29.6 Å². The second-order valence-electron chi connectivity index (χ2n) is 13.1. The Morgan fingerprint density at radius 2 is 1.43 bits per heavy atom. The molecule has 290 valence electrons. The zero-order valence-electron chi connectivity index (χ0n) is 30.5. The smallest absolute Gasteiger partial charge is 0.379 e. The number of nitrogens with zero attached hydrogens (tertiary/aromatic N) is 3. The number of aromatic nitrogens is 2. The average molecular weight is 783 g/mol. The molecule has 2 atom stereocenters. The Morgan fingerprint density at radius 3 is 2.15 bits per heavy atom. The summed E-state index contributed by atoms with van der Waals surface area (Å²) in [5, 5.41) is 0. The van der Waals surface area contributed by atoms with Crippen molar-refractivity contribution >= 4 is 18.1 Å². The Hall–Kier alpha value is -3.46. The molecule has 2 saturated heterocycles. The zero-order chi connectivity index (χ0) is 37.8. The van der Waals surface area contributed by atoms with Crippen LogP contribution in [0.5, 0.6) is 0 Å². The predicted molar refractivity (Wildman–Crippen MR) is 205 cm³/mol. The Bertz CT molecular complexity index is 1890. The molecular weight excluding hydrogens is 735 g/mol. The third-order valence-electron chi connectivity index (χ3n) is 9.67. The predicted octanol–water partition coefficient (Wildman–Crippen LogP) is 5.62. The Morgan fingerprint density at radius 1 is 0.796 bits per heavy atom. The number of hydroxylamine groups is 1. The van der Waals surface area contributed by atoms with Crippen molar-refractivity contribution in [2.24, 2.45) is 0 Å². The highest BCUT2D eigenvalue weighted by molar-refractivity contribution is 7.83. The van der Waals surface area contributed by atoms with E-state index in [0.29, 0.717) is 57.3 Å². The van der Waals surface area contributed by atoms with E-state index in [1.165, 1.54) is 4.57 Å². The number of nitrogens with one attached hydrogen (secondary N) is 1. The van der Waals surface area contributed by atoms with E-state index in [0.717, 1.165) is 34.4 Å². The molecule has 0 radical (unpaired) electrons. The first-order valence-corrected chi connectivity index (χ1v) is 20.7. The highest BCUT2D eigenvalue weighted by Gasteiger charge is 2.49. The molecule has 0 amide bonds. The quantitative estimate of drug-likeness (QED) is 0.168. The van der Waals surface area contributed by atoms with Gasteiger partial charge < -0.3 is 18.9 Å². The summed E-state index contributed by atoms with van der Waals surface area (Å²) in [7, 11) is 0. The van der Waals surface area contributed by atoms with Crippen LogP contribution in [0.15, 0.2) is 101 Å². The van der Waals surface area contributed by atoms with Crippen molar-refractivity contribution in [3.63, 3.8) is 0 Å². The van der Waals surface area contributed by atoms with E-state index in [2.05, 4.69) is 34.1 Å². The first kappa shape index (κ1) is 40.2. The molecule has 3 heterocycles. The Labute approximate surface area is 319 Å². The molecule has 15 heteroatoms. The summed E-state index contributed by atoms with van der Waals surface area (Å²) in [6.45, 7) is 0.712. The number of aromatic amines is 1. The van der Waals surface area contributed by atoms with Gasteiger partial charge in [-0.2, -0.15) is 0 Å². The SMILES string of the molecule is Cc1cn(-c2ccccc2C(c2ccccc2)(c2ccccc2)C2COCCN2COP(=O)(Cl)N2COCCOCCOCCCCCO2)c(=O)[nH]c1=O. The summed E-state index contributed by atoms with van der Waals surface area (Å²) < 4.78 is 45.0. The van der Waals surface area contributed by atoms with Crippen LogP contribution < -0.4 is 11.2 Å². The Balaban J connectivity index is 1.40. The molecule has 2 aliphatic rings. The molecule has 1 N–H and O–H groups in total. The van der Waals surface area contributed by atoms with Gasteiger partial charge in [0.2, 0.25) is 0 Å². The third-order valence-corrected chi connectivity index (χ3v) is 11.7. The summed E-state index contributed by atoms with van der Waals surface area (Å²) >= 11 is 6.75. The van der Waals surface area contributed by atoms with Crippen LogP contribution in [0.2, 0.25) is 0 Å². The average Bonchev–Trinajstić information content (AvgIpc) is 3.20. The minimum atomic E-state index is -4.11. The summed E-state index contributed by atoms with van der Waals surface area (Å²) in [4.78, 5) is 37.5. The number of benzene rings is 3. The summed E-state index contributed by atoms with van der Waals surface area (Å²) in [5.41, 5.74) is 1.56. The van der Waals surface area contributed by atoms with Gasteiger partial charge in [0.1, 0.15) is 13.5 Å². The number of morpholine rings is 1. The number of halogens is 1. The van der Waals surface area contributed by atoms with Gasteiger partial charge in [0.25, 0.3) is 5.56 Å². The lowest BCUT2D eigenvalue weighted by molar-refractivity contribution is -0.157. The maximum Gasteiger partial charge on any atom is 0.389 e. The van der Waals surface area contributed by atoms with Crippen molar-refractivity contribution in [1.82, 2.24) is 19.3 Å². The van der Waals surface area contributed by atoms with Gasteiger partial charge in [-0.05, 0) is 60.2 Å². The molecular formula is C39H48ClN4O9P. The summed E-state index contributed by atoms with van der Waals surface area (Å²) in [5.74, 6) is 0. The lowest BCUT2D eigenvalue weighted by Gasteiger charge is -2.49. The number of aryl methyl sites for hydroxylation is 1. The molecule has 1 aromatic heterocycles. The van der Waals surface area contributed by atoms with Crippen LogP contribution in [0.25, 0.3) is 5.69 Å². The first-order valence-electron chi connectivity index (χ1n) is 18.3. The van der Waals surface area contributed by atoms with Gasteiger partial charge in [-0.15, -0.1) is 0 Å². The van der Waals surface area contributed by atoms with Gasteiger partial charge in [-0.3, -0.25) is 33.2 Å². The standard InChI is InChI=1S/C39H48ClN4O9P/c1-31-27-43(38(46)41-37(31)45)35-18-10-9-17-34(35)39(32-13-5-2-6-14-32,33-15-7-3-8-16-33)36-28-50-22-19-42(36)29-53-54(40,47)44-30-51-26-25-49-24-23-48-20-11-4-12-21-52-44/h2-3,5-10,13-18,27,36H,4,11-12,19-26,28-30H2,1H3,(H,41,45,46). The molecule has 2 aliphatic heterocycles. The molecule has 2 fully saturated rings. The number of rotatable bonds is 9. The lowest BCUT2D eigenvalue weighted by atomic mass is 9.63. The molecule has 54 heavy (non-hydrogen) atoms. The normalized spacial score (nSPS) is 20.4. The van der Waals surface area contributed by atoms with Gasteiger partial charge in [0, 0.05) is 24.9 Å². The first-order chi connectivity index (χ1) is 26.3. The zero-order valence-corrected chi connectivity index (χ0v) is 32.1. The molecule has 3 aromatic carbocycles. The topological polar surface area (TPSA) is 134 Å². The van der Waals surface area contributed by atoms with Crippen LogP contribution in [-0.4, -0.2) is 98.2 Å².